The molecule has 0 bridgehead atoms. The van der Waals surface area contributed by atoms with Crippen molar-refractivity contribution >= 4 is 0 Å². The minimum absolute atomic E-state index is 0.175. The smallest absolute Gasteiger partial charge is 0.253 e. The highest BCUT2D eigenvalue weighted by Gasteiger charge is 2.31. The van der Waals surface area contributed by atoms with Gasteiger partial charge in [-0.15, -0.1) is 0 Å². The van der Waals surface area contributed by atoms with E-state index in [1.165, 1.54) is 6.20 Å². The number of hydrogen-bond acceptors (Lipinski definition) is 3. The van der Waals surface area contributed by atoms with Gasteiger partial charge in [-0.05, 0) is 12.1 Å². The molecule has 0 N–H and O–H groups in total. The first-order valence-corrected chi connectivity index (χ1v) is 4.38. The average Bonchev–Trinajstić information content (AvgIpc) is 2.29. The molecule has 2 heterocycles. The highest BCUT2D eigenvalue weighted by Crippen LogP contribution is 2.28. The maximum atomic E-state index is 12.2. The van der Waals surface area contributed by atoms with Crippen LogP contribution in [0, 0.1) is 0 Å². The lowest BCUT2D eigenvalue weighted by atomic mass is 10.3. The number of aromatic nitrogens is 3. The van der Waals surface area contributed by atoms with E-state index in [0.717, 1.165) is 12.4 Å². The fourth-order valence-corrected chi connectivity index (χ4v) is 1.10. The van der Waals surface area contributed by atoms with Crippen molar-refractivity contribution < 1.29 is 13.2 Å². The fraction of sp³-hybridized carbons (Fsp3) is 0.100. The Kier molecular flexibility index (Phi) is 2.55. The molecule has 16 heavy (non-hydrogen) atoms. The maximum absolute atomic E-state index is 12.2. The van der Waals surface area contributed by atoms with Crippen LogP contribution in [0.2, 0.25) is 0 Å². The monoisotopic (exact) mass is 225 g/mol. The van der Waals surface area contributed by atoms with Crippen LogP contribution < -0.4 is 0 Å². The van der Waals surface area contributed by atoms with E-state index in [0.29, 0.717) is 5.69 Å². The van der Waals surface area contributed by atoms with Crippen LogP contribution in [0.4, 0.5) is 13.2 Å². The number of halogens is 3. The average molecular weight is 225 g/mol. The number of alkyl halides is 3. The van der Waals surface area contributed by atoms with Crippen molar-refractivity contribution in [3.8, 4) is 11.5 Å². The van der Waals surface area contributed by atoms with Crippen molar-refractivity contribution in [2.75, 3.05) is 0 Å². The van der Waals surface area contributed by atoms with Crippen LogP contribution in [0.25, 0.3) is 11.5 Å². The van der Waals surface area contributed by atoms with Crippen LogP contribution in [0.15, 0.2) is 36.8 Å². The zero-order chi connectivity index (χ0) is 11.6. The molecule has 3 nitrogen and oxygen atoms in total. The second-order valence-corrected chi connectivity index (χ2v) is 3.01. The van der Waals surface area contributed by atoms with E-state index in [4.69, 9.17) is 0 Å². The lowest BCUT2D eigenvalue weighted by Crippen LogP contribution is -2.06. The molecule has 0 aliphatic carbocycles. The van der Waals surface area contributed by atoms with Crippen molar-refractivity contribution in [3.63, 3.8) is 0 Å². The molecule has 0 amide bonds. The molecule has 0 unspecified atom stereocenters. The van der Waals surface area contributed by atoms with E-state index in [9.17, 15) is 13.2 Å². The first-order chi connectivity index (χ1) is 7.57. The van der Waals surface area contributed by atoms with Gasteiger partial charge in [0.25, 0.3) is 0 Å². The summed E-state index contributed by atoms with van der Waals surface area (Å²) in [5.41, 5.74) is -0.427. The highest BCUT2D eigenvalue weighted by molar-refractivity contribution is 5.47. The summed E-state index contributed by atoms with van der Waals surface area (Å²) < 4.78 is 36.7. The second-order valence-electron chi connectivity index (χ2n) is 3.01. The minimum Gasteiger partial charge on any atom is -0.253 e. The molecule has 2 rings (SSSR count). The Hall–Kier alpha value is -1.98. The summed E-state index contributed by atoms with van der Waals surface area (Å²) >= 11 is 0. The third kappa shape index (κ3) is 2.16. The number of nitrogens with zero attached hydrogens (tertiary/aromatic N) is 3. The molecular formula is C10H6F3N3. The van der Waals surface area contributed by atoms with E-state index >= 15 is 0 Å². The lowest BCUT2D eigenvalue weighted by Gasteiger charge is -2.05. The van der Waals surface area contributed by atoms with Gasteiger partial charge in [0.15, 0.2) is 5.82 Å². The van der Waals surface area contributed by atoms with Crippen molar-refractivity contribution in [1.82, 2.24) is 15.0 Å². The first kappa shape index (κ1) is 10.5. The Bertz CT molecular complexity index is 465. The van der Waals surface area contributed by atoms with Gasteiger partial charge in [0.05, 0.1) is 5.56 Å². The molecule has 0 saturated carbocycles. The first-order valence-electron chi connectivity index (χ1n) is 4.38. The predicted molar refractivity (Wildman–Crippen MR) is 50.3 cm³/mol. The summed E-state index contributed by atoms with van der Waals surface area (Å²) in [4.78, 5) is 11.2. The third-order valence-corrected chi connectivity index (χ3v) is 1.87. The molecule has 0 saturated heterocycles. The van der Waals surface area contributed by atoms with Gasteiger partial charge in [0.2, 0.25) is 0 Å². The standard InChI is InChI=1S/C10H6F3N3/c11-10(12,13)7-5-15-9(16-6-7)8-3-1-2-4-14-8/h1-6H. The molecule has 0 radical (unpaired) electrons. The fourth-order valence-electron chi connectivity index (χ4n) is 1.10. The van der Waals surface area contributed by atoms with Gasteiger partial charge in [-0.3, -0.25) is 4.98 Å². The quantitative estimate of drug-likeness (QED) is 0.748. The number of pyridine rings is 1. The van der Waals surface area contributed by atoms with Crippen LogP contribution >= 0.6 is 0 Å². The lowest BCUT2D eigenvalue weighted by molar-refractivity contribution is -0.138. The molecule has 2 aromatic rings. The summed E-state index contributed by atoms with van der Waals surface area (Å²) in [6.45, 7) is 0. The molecule has 0 aromatic carbocycles. The predicted octanol–water partition coefficient (Wildman–Crippen LogP) is 2.56. The Morgan fingerprint density at radius 3 is 2.12 bits per heavy atom. The molecule has 0 aliphatic rings. The van der Waals surface area contributed by atoms with Crippen LogP contribution in [0.1, 0.15) is 5.56 Å². The van der Waals surface area contributed by atoms with E-state index in [-0.39, 0.29) is 5.82 Å². The van der Waals surface area contributed by atoms with Crippen LogP contribution in [-0.4, -0.2) is 15.0 Å². The van der Waals surface area contributed by atoms with E-state index in [2.05, 4.69) is 15.0 Å². The number of hydrogen-bond donors (Lipinski definition) is 0. The highest BCUT2D eigenvalue weighted by atomic mass is 19.4. The van der Waals surface area contributed by atoms with Gasteiger partial charge >= 0.3 is 6.18 Å². The summed E-state index contributed by atoms with van der Waals surface area (Å²) in [6, 6.07) is 5.04. The van der Waals surface area contributed by atoms with Crippen molar-refractivity contribution in [2.45, 2.75) is 6.18 Å². The van der Waals surface area contributed by atoms with Gasteiger partial charge < -0.3 is 0 Å². The second kappa shape index (κ2) is 3.88. The van der Waals surface area contributed by atoms with Gasteiger partial charge in [-0.25, -0.2) is 9.97 Å². The summed E-state index contributed by atoms with van der Waals surface area (Å²) in [6.07, 6.45) is -1.40. The SMILES string of the molecule is FC(F)(F)c1cnc(-c2ccccn2)nc1. The largest absolute Gasteiger partial charge is 0.419 e. The topological polar surface area (TPSA) is 38.7 Å². The summed E-state index contributed by atoms with van der Waals surface area (Å²) in [5.74, 6) is 0.175. The molecular weight excluding hydrogens is 219 g/mol. The summed E-state index contributed by atoms with van der Waals surface area (Å²) in [5, 5.41) is 0. The number of rotatable bonds is 1. The van der Waals surface area contributed by atoms with Crippen LogP contribution in [0.3, 0.4) is 0 Å². The zero-order valence-corrected chi connectivity index (χ0v) is 7.94. The van der Waals surface area contributed by atoms with E-state index in [1.807, 2.05) is 0 Å². The van der Waals surface area contributed by atoms with E-state index < -0.39 is 11.7 Å². The molecule has 82 valence electrons. The Morgan fingerprint density at radius 2 is 1.62 bits per heavy atom. The van der Waals surface area contributed by atoms with Crippen molar-refractivity contribution in [2.24, 2.45) is 0 Å². The Balaban J connectivity index is 2.34. The molecule has 6 heteroatoms. The van der Waals surface area contributed by atoms with Crippen LogP contribution in [-0.2, 0) is 6.18 Å². The van der Waals surface area contributed by atoms with Gasteiger partial charge in [-0.1, -0.05) is 6.07 Å². The molecule has 0 spiro atoms. The van der Waals surface area contributed by atoms with E-state index in [1.54, 1.807) is 18.2 Å². The Morgan fingerprint density at radius 1 is 0.938 bits per heavy atom. The molecule has 0 fully saturated rings. The maximum Gasteiger partial charge on any atom is 0.419 e. The van der Waals surface area contributed by atoms with Gasteiger partial charge in [-0.2, -0.15) is 13.2 Å². The summed E-state index contributed by atoms with van der Waals surface area (Å²) in [7, 11) is 0. The molecule has 0 atom stereocenters. The third-order valence-electron chi connectivity index (χ3n) is 1.87. The molecule has 0 aliphatic heterocycles. The normalized spacial score (nSPS) is 11.4. The Labute approximate surface area is 89.0 Å². The van der Waals surface area contributed by atoms with Crippen molar-refractivity contribution in [3.05, 3.63) is 42.4 Å². The minimum atomic E-state index is -4.41. The van der Waals surface area contributed by atoms with Gasteiger partial charge in [0.1, 0.15) is 5.69 Å². The van der Waals surface area contributed by atoms with Crippen molar-refractivity contribution in [1.29, 1.82) is 0 Å². The molecule has 2 aromatic heterocycles. The van der Waals surface area contributed by atoms with Gasteiger partial charge in [0, 0.05) is 18.6 Å². The van der Waals surface area contributed by atoms with Crippen LogP contribution in [0.5, 0.6) is 0 Å². The zero-order valence-electron chi connectivity index (χ0n) is 7.94.